The van der Waals surface area contributed by atoms with Gasteiger partial charge in [0.15, 0.2) is 6.35 Å². The quantitative estimate of drug-likeness (QED) is 0.302. The largest absolute Gasteiger partial charge is 0.348 e. The lowest BCUT2D eigenvalue weighted by Gasteiger charge is -2.64. The first-order valence-electron chi connectivity index (χ1n) is 19.0. The van der Waals surface area contributed by atoms with Crippen molar-refractivity contribution >= 4 is 5.91 Å². The maximum Gasteiger partial charge on any atom is 0.246 e. The molecule has 1 aromatic carbocycles. The van der Waals surface area contributed by atoms with E-state index in [1.54, 1.807) is 6.07 Å². The second-order valence-corrected chi connectivity index (χ2v) is 16.1. The van der Waals surface area contributed by atoms with Crippen molar-refractivity contribution in [3.8, 4) is 6.07 Å². The minimum absolute atomic E-state index is 0.0408. The summed E-state index contributed by atoms with van der Waals surface area (Å²) in [5.41, 5.74) is 2.16. The molecule has 0 bridgehead atoms. The molecule has 2 N–H and O–H groups in total. The number of likely N-dealkylation sites (tertiary alicyclic amines) is 1. The van der Waals surface area contributed by atoms with Gasteiger partial charge >= 0.3 is 0 Å². The highest BCUT2D eigenvalue weighted by atomic mass is 19.1. The molecule has 3 heterocycles. The topological polar surface area (TPSA) is 83.9 Å². The Labute approximate surface area is 287 Å². The Morgan fingerprint density at radius 1 is 1.10 bits per heavy atom. The second-order valence-electron chi connectivity index (χ2n) is 16.1. The molecule has 3 saturated heterocycles. The van der Waals surface area contributed by atoms with E-state index in [0.29, 0.717) is 44.0 Å². The Kier molecular flexibility index (Phi) is 10.3. The van der Waals surface area contributed by atoms with Crippen LogP contribution in [-0.4, -0.2) is 90.6 Å². The highest BCUT2D eigenvalue weighted by Crippen LogP contribution is 2.57. The average Bonchev–Trinajstić information content (AvgIpc) is 3.31. The highest BCUT2D eigenvalue weighted by Gasteiger charge is 2.60. The third-order valence-electron chi connectivity index (χ3n) is 13.5. The van der Waals surface area contributed by atoms with Gasteiger partial charge in [-0.2, -0.15) is 5.26 Å². The molecule has 48 heavy (non-hydrogen) atoms. The molecule has 5 fully saturated rings. The summed E-state index contributed by atoms with van der Waals surface area (Å²) in [6.45, 7) is 7.57. The molecular formula is C39H57FN6O2. The van der Waals surface area contributed by atoms with Crippen molar-refractivity contribution in [2.45, 2.75) is 126 Å². The summed E-state index contributed by atoms with van der Waals surface area (Å²) in [6.07, 6.45) is 17.6. The van der Waals surface area contributed by atoms with Crippen LogP contribution in [0.5, 0.6) is 0 Å². The SMILES string of the molecule is C=CC(=O)N1CCN(C2NC(OC[C@H]3CCCN3C)NC3(C4CCCCCC4)C[C@@]4(CCc5c(F)cccc5C4)CCC23)C[C@H]1CC#N. The number of nitrogens with zero attached hydrogens (tertiary/aromatic N) is 4. The summed E-state index contributed by atoms with van der Waals surface area (Å²) in [4.78, 5) is 19.7. The lowest BCUT2D eigenvalue weighted by Crippen LogP contribution is -2.79. The summed E-state index contributed by atoms with van der Waals surface area (Å²) in [6, 6.07) is 8.33. The van der Waals surface area contributed by atoms with Crippen molar-refractivity contribution in [1.82, 2.24) is 25.3 Å². The van der Waals surface area contributed by atoms with E-state index in [9.17, 15) is 14.4 Å². The van der Waals surface area contributed by atoms with Crippen molar-refractivity contribution in [3.63, 3.8) is 0 Å². The normalized spacial score (nSPS) is 36.6. The van der Waals surface area contributed by atoms with Gasteiger partial charge in [0.2, 0.25) is 5.91 Å². The number of nitriles is 1. The van der Waals surface area contributed by atoms with Gasteiger partial charge in [-0.1, -0.05) is 44.4 Å². The van der Waals surface area contributed by atoms with Gasteiger partial charge in [0.05, 0.1) is 31.3 Å². The lowest BCUT2D eigenvalue weighted by atomic mass is 9.51. The van der Waals surface area contributed by atoms with E-state index in [-0.39, 0.29) is 41.2 Å². The number of hydrogen-bond acceptors (Lipinski definition) is 7. The van der Waals surface area contributed by atoms with E-state index in [4.69, 9.17) is 4.74 Å². The molecule has 4 unspecified atom stereocenters. The van der Waals surface area contributed by atoms with E-state index in [2.05, 4.69) is 46.2 Å². The number of carbonyl (C=O) groups is 1. The Hall–Kier alpha value is -2.35. The standard InChI is InChI=1S/C39H57FN6O2/c1-3-35(47)46-23-22-45(25-30(46)17-20-41)36-33-16-19-38(18-15-32-28(24-38)10-8-14-34(32)40)27-39(33,29-11-6-4-5-7-12-29)43-37(42-36)48-26-31-13-9-21-44(31)2/h3,8,10,14,29-31,33,36-37,42-43H,1,4-7,9,11-13,15-19,21-27H2,2H3/t30-,31-,33?,36?,37?,38+,39?/m1/s1. The molecule has 1 spiro atoms. The van der Waals surface area contributed by atoms with Crippen molar-refractivity contribution in [2.75, 3.05) is 39.8 Å². The molecule has 262 valence electrons. The first-order valence-corrected chi connectivity index (χ1v) is 19.0. The number of hydrogen-bond donors (Lipinski definition) is 2. The maximum absolute atomic E-state index is 14.9. The zero-order valence-electron chi connectivity index (χ0n) is 29.1. The number of amides is 1. The van der Waals surface area contributed by atoms with Crippen LogP contribution >= 0.6 is 0 Å². The Balaban J connectivity index is 1.24. The number of likely N-dealkylation sites (N-methyl/N-ethyl adjacent to an activating group) is 1. The molecule has 0 radical (unpaired) electrons. The number of benzene rings is 1. The van der Waals surface area contributed by atoms with Crippen LogP contribution in [0.1, 0.15) is 94.6 Å². The van der Waals surface area contributed by atoms with Crippen LogP contribution < -0.4 is 10.6 Å². The van der Waals surface area contributed by atoms with Gasteiger partial charge in [0, 0.05) is 37.1 Å². The van der Waals surface area contributed by atoms with Crippen molar-refractivity contribution in [1.29, 1.82) is 5.26 Å². The fourth-order valence-electron chi connectivity index (χ4n) is 11.0. The minimum atomic E-state index is -0.283. The van der Waals surface area contributed by atoms with Gasteiger partial charge in [-0.05, 0) is 112 Å². The third-order valence-corrected chi connectivity index (χ3v) is 13.5. The second kappa shape index (κ2) is 14.5. The molecule has 6 aliphatic rings. The van der Waals surface area contributed by atoms with Crippen LogP contribution in [0.4, 0.5) is 4.39 Å². The van der Waals surface area contributed by atoms with Gasteiger partial charge < -0.3 is 14.5 Å². The van der Waals surface area contributed by atoms with Crippen molar-refractivity contribution in [3.05, 3.63) is 47.8 Å². The molecule has 1 amide bonds. The van der Waals surface area contributed by atoms with Gasteiger partial charge in [0.1, 0.15) is 5.82 Å². The van der Waals surface area contributed by atoms with E-state index in [1.165, 1.54) is 56.6 Å². The summed E-state index contributed by atoms with van der Waals surface area (Å²) >= 11 is 0. The van der Waals surface area contributed by atoms with Crippen LogP contribution in [0.25, 0.3) is 0 Å². The molecular weight excluding hydrogens is 603 g/mol. The van der Waals surface area contributed by atoms with Gasteiger partial charge in [0.25, 0.3) is 0 Å². The summed E-state index contributed by atoms with van der Waals surface area (Å²) < 4.78 is 21.8. The first kappa shape index (κ1) is 34.1. The number of halogens is 1. The molecule has 3 aliphatic heterocycles. The van der Waals surface area contributed by atoms with Crippen LogP contribution in [0, 0.1) is 34.4 Å². The fraction of sp³-hybridized carbons (Fsp3) is 0.744. The molecule has 9 heteroatoms. The molecule has 7 rings (SSSR count). The predicted molar refractivity (Wildman–Crippen MR) is 185 cm³/mol. The monoisotopic (exact) mass is 660 g/mol. The van der Waals surface area contributed by atoms with Crippen molar-refractivity contribution < 1.29 is 13.9 Å². The molecule has 0 aromatic heterocycles. The average molecular weight is 661 g/mol. The molecule has 1 aromatic rings. The number of nitrogens with one attached hydrogen (secondary N) is 2. The Morgan fingerprint density at radius 2 is 1.94 bits per heavy atom. The lowest BCUT2D eigenvalue weighted by molar-refractivity contribution is -0.165. The van der Waals surface area contributed by atoms with Crippen LogP contribution in [-0.2, 0) is 22.4 Å². The fourth-order valence-corrected chi connectivity index (χ4v) is 11.0. The first-order chi connectivity index (χ1) is 23.3. The van der Waals surface area contributed by atoms with E-state index >= 15 is 0 Å². The highest BCUT2D eigenvalue weighted by molar-refractivity contribution is 5.87. The summed E-state index contributed by atoms with van der Waals surface area (Å²) in [7, 11) is 2.21. The molecule has 2 saturated carbocycles. The van der Waals surface area contributed by atoms with E-state index in [1.807, 2.05) is 11.0 Å². The van der Waals surface area contributed by atoms with Crippen LogP contribution in [0.3, 0.4) is 0 Å². The predicted octanol–water partition coefficient (Wildman–Crippen LogP) is 5.34. The number of carbonyl (C=O) groups excluding carboxylic acids is 1. The van der Waals surface area contributed by atoms with Crippen LogP contribution in [0.15, 0.2) is 30.9 Å². The maximum atomic E-state index is 14.9. The Morgan fingerprint density at radius 3 is 2.69 bits per heavy atom. The smallest absolute Gasteiger partial charge is 0.246 e. The van der Waals surface area contributed by atoms with Gasteiger partial charge in [-0.15, -0.1) is 0 Å². The number of piperazine rings is 1. The van der Waals surface area contributed by atoms with Gasteiger partial charge in [-0.3, -0.25) is 20.3 Å². The number of fused-ring (bicyclic) bond motifs is 2. The minimum Gasteiger partial charge on any atom is -0.348 e. The van der Waals surface area contributed by atoms with Gasteiger partial charge in [-0.25, -0.2) is 4.39 Å². The zero-order chi connectivity index (χ0) is 33.3. The number of ether oxygens (including phenoxy) is 1. The van der Waals surface area contributed by atoms with E-state index < -0.39 is 0 Å². The van der Waals surface area contributed by atoms with E-state index in [0.717, 1.165) is 63.6 Å². The molecule has 7 atom stereocenters. The van der Waals surface area contributed by atoms with Crippen LogP contribution in [0.2, 0.25) is 0 Å². The number of rotatable bonds is 7. The Bertz CT molecular complexity index is 1360. The summed E-state index contributed by atoms with van der Waals surface area (Å²) in [5.74, 6) is 0.774. The zero-order valence-corrected chi connectivity index (χ0v) is 29.1. The third kappa shape index (κ3) is 6.60. The molecule has 3 aliphatic carbocycles. The summed E-state index contributed by atoms with van der Waals surface area (Å²) in [5, 5.41) is 18.0. The molecule has 8 nitrogen and oxygen atoms in total. The van der Waals surface area contributed by atoms with Crippen molar-refractivity contribution in [2.24, 2.45) is 17.3 Å².